The minimum atomic E-state index is -3.68. The smallest absolute Gasteiger partial charge is 0.250 e. The van der Waals surface area contributed by atoms with E-state index in [9.17, 15) is 8.42 Å². The van der Waals surface area contributed by atoms with Gasteiger partial charge in [-0.2, -0.15) is 0 Å². The van der Waals surface area contributed by atoms with Gasteiger partial charge in [0.25, 0.3) is 0 Å². The van der Waals surface area contributed by atoms with Gasteiger partial charge in [0.1, 0.15) is 16.6 Å². The van der Waals surface area contributed by atoms with Crippen molar-refractivity contribution in [3.63, 3.8) is 0 Å². The second-order valence-corrected chi connectivity index (χ2v) is 10.4. The molecule has 10 heteroatoms. The van der Waals surface area contributed by atoms with Crippen molar-refractivity contribution in [2.24, 2.45) is 0 Å². The number of pyridine rings is 2. The molecule has 0 saturated heterocycles. The lowest BCUT2D eigenvalue weighted by molar-refractivity contribution is 0.222. The largest absolute Gasteiger partial charge is 0.492 e. The van der Waals surface area contributed by atoms with Crippen LogP contribution in [0.5, 0.6) is 5.75 Å². The molecule has 3 aromatic rings. The zero-order valence-corrected chi connectivity index (χ0v) is 19.8. The summed E-state index contributed by atoms with van der Waals surface area (Å²) in [4.78, 5) is 11.2. The molecular formula is C21H25ClN4O3S2. The van der Waals surface area contributed by atoms with Crippen molar-refractivity contribution in [3.05, 3.63) is 58.7 Å². The van der Waals surface area contributed by atoms with Crippen LogP contribution in [0, 0.1) is 0 Å². The van der Waals surface area contributed by atoms with Gasteiger partial charge in [-0.15, -0.1) is 11.3 Å². The third kappa shape index (κ3) is 6.72. The van der Waals surface area contributed by atoms with Crippen LogP contribution < -0.4 is 9.46 Å². The molecule has 0 aromatic carbocycles. The molecule has 0 atom stereocenters. The van der Waals surface area contributed by atoms with Crippen molar-refractivity contribution in [3.8, 4) is 17.1 Å². The highest BCUT2D eigenvalue weighted by Gasteiger charge is 2.17. The van der Waals surface area contributed by atoms with E-state index >= 15 is 0 Å². The van der Waals surface area contributed by atoms with E-state index in [-0.39, 0.29) is 10.8 Å². The first-order chi connectivity index (χ1) is 14.9. The summed E-state index contributed by atoms with van der Waals surface area (Å²) in [5.74, 6) is 0.621. The lowest BCUT2D eigenvalue weighted by atomic mass is 10.2. The Kier molecular flexibility index (Phi) is 8.39. The van der Waals surface area contributed by atoms with Gasteiger partial charge in [-0.05, 0) is 37.4 Å². The summed E-state index contributed by atoms with van der Waals surface area (Å²) < 4.78 is 34.2. The quantitative estimate of drug-likeness (QED) is 0.445. The van der Waals surface area contributed by atoms with E-state index in [1.807, 2.05) is 24.3 Å². The molecule has 0 spiro atoms. The zero-order valence-electron chi connectivity index (χ0n) is 17.4. The lowest BCUT2D eigenvalue weighted by Gasteiger charge is -2.18. The molecule has 166 valence electrons. The first kappa shape index (κ1) is 23.6. The normalized spacial score (nSPS) is 11.7. The fraction of sp³-hybridized carbons (Fsp3) is 0.333. The van der Waals surface area contributed by atoms with Gasteiger partial charge in [0.15, 0.2) is 0 Å². The van der Waals surface area contributed by atoms with E-state index in [2.05, 4.69) is 33.4 Å². The maximum atomic E-state index is 12.5. The SMILES string of the molecule is CCN(CC)CCOc1cc(CNS(=O)(=O)c2ccc(Cl)s2)nc(-c2ccccn2)c1. The number of rotatable bonds is 11. The first-order valence-corrected chi connectivity index (χ1v) is 12.6. The van der Waals surface area contributed by atoms with Gasteiger partial charge >= 0.3 is 0 Å². The zero-order chi connectivity index (χ0) is 22.3. The van der Waals surface area contributed by atoms with Crippen molar-refractivity contribution < 1.29 is 13.2 Å². The monoisotopic (exact) mass is 480 g/mol. The predicted molar refractivity (Wildman–Crippen MR) is 124 cm³/mol. The molecule has 3 heterocycles. The average molecular weight is 481 g/mol. The van der Waals surface area contributed by atoms with Crippen LogP contribution in [-0.4, -0.2) is 49.5 Å². The Morgan fingerprint density at radius 2 is 1.94 bits per heavy atom. The average Bonchev–Trinajstić information content (AvgIpc) is 3.23. The molecule has 3 aromatic heterocycles. The summed E-state index contributed by atoms with van der Waals surface area (Å²) in [6.07, 6.45) is 1.69. The van der Waals surface area contributed by atoms with E-state index in [0.29, 0.717) is 33.8 Å². The Hall–Kier alpha value is -2.04. The molecule has 0 saturated carbocycles. The Bertz CT molecular complexity index is 1090. The van der Waals surface area contributed by atoms with Crippen molar-refractivity contribution in [1.29, 1.82) is 0 Å². The maximum absolute atomic E-state index is 12.5. The number of nitrogens with one attached hydrogen (secondary N) is 1. The van der Waals surface area contributed by atoms with Crippen molar-refractivity contribution in [2.75, 3.05) is 26.2 Å². The summed E-state index contributed by atoms with van der Waals surface area (Å²) in [7, 11) is -3.68. The highest BCUT2D eigenvalue weighted by molar-refractivity contribution is 7.91. The third-order valence-electron chi connectivity index (χ3n) is 4.61. The number of sulfonamides is 1. The van der Waals surface area contributed by atoms with E-state index in [4.69, 9.17) is 16.3 Å². The van der Waals surface area contributed by atoms with Crippen molar-refractivity contribution in [1.82, 2.24) is 19.6 Å². The maximum Gasteiger partial charge on any atom is 0.250 e. The summed E-state index contributed by atoms with van der Waals surface area (Å²) in [6, 6.07) is 12.2. The number of hydrogen-bond acceptors (Lipinski definition) is 7. The molecule has 7 nitrogen and oxygen atoms in total. The molecule has 0 aliphatic carbocycles. The van der Waals surface area contributed by atoms with Gasteiger partial charge < -0.3 is 9.64 Å². The summed E-state index contributed by atoms with van der Waals surface area (Å²) in [5.41, 5.74) is 1.84. The fourth-order valence-electron chi connectivity index (χ4n) is 2.89. The van der Waals surface area contributed by atoms with E-state index in [1.165, 1.54) is 6.07 Å². The number of halogens is 1. The van der Waals surface area contributed by atoms with Crippen LogP contribution in [0.25, 0.3) is 11.4 Å². The van der Waals surface area contributed by atoms with Gasteiger partial charge in [-0.25, -0.2) is 18.1 Å². The van der Waals surface area contributed by atoms with Gasteiger partial charge in [0, 0.05) is 24.9 Å². The van der Waals surface area contributed by atoms with Gasteiger partial charge in [-0.1, -0.05) is 31.5 Å². The molecule has 0 radical (unpaired) electrons. The summed E-state index contributed by atoms with van der Waals surface area (Å²) in [6.45, 7) is 7.47. The van der Waals surface area contributed by atoms with Crippen LogP contribution in [0.1, 0.15) is 19.5 Å². The molecule has 0 aliphatic rings. The molecule has 1 N–H and O–H groups in total. The van der Waals surface area contributed by atoms with Gasteiger partial charge in [0.05, 0.1) is 28.0 Å². The van der Waals surface area contributed by atoms with Crippen LogP contribution in [0.15, 0.2) is 52.9 Å². The number of hydrogen-bond donors (Lipinski definition) is 1. The van der Waals surface area contributed by atoms with E-state index < -0.39 is 10.0 Å². The second kappa shape index (κ2) is 11.0. The van der Waals surface area contributed by atoms with Gasteiger partial charge in [0.2, 0.25) is 10.0 Å². The topological polar surface area (TPSA) is 84.4 Å². The first-order valence-electron chi connectivity index (χ1n) is 9.93. The molecule has 31 heavy (non-hydrogen) atoms. The van der Waals surface area contributed by atoms with E-state index in [1.54, 1.807) is 18.3 Å². The highest BCUT2D eigenvalue weighted by atomic mass is 35.5. The molecular weight excluding hydrogens is 456 g/mol. The molecule has 0 bridgehead atoms. The summed E-state index contributed by atoms with van der Waals surface area (Å²) in [5, 5.41) is 0. The second-order valence-electron chi connectivity index (χ2n) is 6.65. The van der Waals surface area contributed by atoms with Gasteiger partial charge in [-0.3, -0.25) is 4.98 Å². The Morgan fingerprint density at radius 1 is 1.13 bits per heavy atom. The van der Waals surface area contributed by atoms with Crippen LogP contribution in [0.3, 0.4) is 0 Å². The fourth-order valence-corrected chi connectivity index (χ4v) is 5.42. The molecule has 3 rings (SSSR count). The Morgan fingerprint density at radius 3 is 2.58 bits per heavy atom. The number of nitrogens with zero attached hydrogens (tertiary/aromatic N) is 3. The van der Waals surface area contributed by atoms with Crippen LogP contribution in [0.2, 0.25) is 4.34 Å². The number of likely N-dealkylation sites (N-methyl/N-ethyl adjacent to an activating group) is 1. The van der Waals surface area contributed by atoms with Crippen LogP contribution >= 0.6 is 22.9 Å². The molecule has 0 amide bonds. The van der Waals surface area contributed by atoms with E-state index in [0.717, 1.165) is 31.0 Å². The highest BCUT2D eigenvalue weighted by Crippen LogP contribution is 2.26. The molecule has 0 aliphatic heterocycles. The minimum Gasteiger partial charge on any atom is -0.492 e. The molecule has 0 fully saturated rings. The number of aromatic nitrogens is 2. The van der Waals surface area contributed by atoms with Crippen LogP contribution in [-0.2, 0) is 16.6 Å². The minimum absolute atomic E-state index is 0.0188. The van der Waals surface area contributed by atoms with Crippen molar-refractivity contribution >= 4 is 33.0 Å². The third-order valence-corrected chi connectivity index (χ3v) is 7.73. The molecule has 0 unspecified atom stereocenters. The van der Waals surface area contributed by atoms with Crippen LogP contribution in [0.4, 0.5) is 0 Å². The predicted octanol–water partition coefficient (Wildman–Crippen LogP) is 4.06. The summed E-state index contributed by atoms with van der Waals surface area (Å²) >= 11 is 6.88. The Labute approximate surface area is 192 Å². The number of thiophene rings is 1. The Balaban J connectivity index is 1.79. The standard InChI is InChI=1S/C21H25ClN4O3S2/c1-3-26(4-2)11-12-29-17-13-16(25-19(14-17)18-7-5-6-10-23-18)15-24-31(27,28)21-9-8-20(22)30-21/h5-10,13-14,24H,3-4,11-12,15H2,1-2H3. The van der Waals surface area contributed by atoms with Crippen molar-refractivity contribution in [2.45, 2.75) is 24.6 Å². The number of ether oxygens (including phenoxy) is 1. The lowest BCUT2D eigenvalue weighted by Crippen LogP contribution is -2.28.